The van der Waals surface area contributed by atoms with Crippen molar-refractivity contribution < 1.29 is 9.13 Å². The number of nitrogens with one attached hydrogen (secondary N) is 2. The van der Waals surface area contributed by atoms with Gasteiger partial charge in [0.05, 0.1) is 32.0 Å². The molecule has 0 bridgehead atoms. The summed E-state index contributed by atoms with van der Waals surface area (Å²) in [7, 11) is 0. The highest BCUT2D eigenvalue weighted by molar-refractivity contribution is 14.0. The molecular weight excluding hydrogens is 490 g/mol. The minimum Gasteiger partial charge on any atom is -0.378 e. The van der Waals surface area contributed by atoms with Crippen LogP contribution in [-0.4, -0.2) is 38.8 Å². The largest absolute Gasteiger partial charge is 0.378 e. The molecule has 2 N–H and O–H groups in total. The number of aryl methyl sites for hydroxylation is 1. The molecule has 2 heterocycles. The molecular formula is C20H28FIN4OS. The average Bonchev–Trinajstić information content (AvgIpc) is 3.10. The van der Waals surface area contributed by atoms with Gasteiger partial charge >= 0.3 is 0 Å². The molecule has 154 valence electrons. The highest BCUT2D eigenvalue weighted by atomic mass is 127. The van der Waals surface area contributed by atoms with E-state index in [-0.39, 0.29) is 29.8 Å². The van der Waals surface area contributed by atoms with Crippen LogP contribution in [0.1, 0.15) is 22.2 Å². The lowest BCUT2D eigenvalue weighted by Gasteiger charge is -2.29. The van der Waals surface area contributed by atoms with Crippen molar-refractivity contribution in [3.8, 4) is 0 Å². The van der Waals surface area contributed by atoms with Gasteiger partial charge in [0.1, 0.15) is 5.82 Å². The average molecular weight is 518 g/mol. The van der Waals surface area contributed by atoms with Crippen molar-refractivity contribution in [1.82, 2.24) is 10.6 Å². The molecule has 0 unspecified atom stereocenters. The highest BCUT2D eigenvalue weighted by Gasteiger charge is 2.15. The van der Waals surface area contributed by atoms with Crippen LogP contribution in [0, 0.1) is 12.7 Å². The first-order valence-electron chi connectivity index (χ1n) is 9.34. The monoisotopic (exact) mass is 518 g/mol. The second-order valence-corrected chi connectivity index (χ2v) is 7.82. The van der Waals surface area contributed by atoms with Crippen molar-refractivity contribution >= 4 is 47.0 Å². The molecule has 3 rings (SSSR count). The number of halogens is 2. The smallest absolute Gasteiger partial charge is 0.191 e. The van der Waals surface area contributed by atoms with E-state index >= 15 is 0 Å². The molecule has 0 spiro atoms. The Kier molecular flexibility index (Phi) is 9.46. The fourth-order valence-corrected chi connectivity index (χ4v) is 3.80. The maximum absolute atomic E-state index is 14.5. The highest BCUT2D eigenvalue weighted by Crippen LogP contribution is 2.22. The zero-order valence-electron chi connectivity index (χ0n) is 16.3. The van der Waals surface area contributed by atoms with Crippen molar-refractivity contribution in [3.63, 3.8) is 0 Å². The molecule has 5 nitrogen and oxygen atoms in total. The summed E-state index contributed by atoms with van der Waals surface area (Å²) in [6.45, 7) is 8.81. The Balaban J connectivity index is 0.00000280. The summed E-state index contributed by atoms with van der Waals surface area (Å²) in [5.41, 5.74) is 1.50. The van der Waals surface area contributed by atoms with E-state index in [0.29, 0.717) is 25.4 Å². The molecule has 0 saturated carbocycles. The van der Waals surface area contributed by atoms with E-state index in [0.717, 1.165) is 37.7 Å². The Morgan fingerprint density at radius 2 is 2.00 bits per heavy atom. The van der Waals surface area contributed by atoms with Crippen LogP contribution < -0.4 is 15.5 Å². The second-order valence-electron chi connectivity index (χ2n) is 6.45. The summed E-state index contributed by atoms with van der Waals surface area (Å²) in [4.78, 5) is 9.17. The SMILES string of the molecule is CCNC(=NCc1ccc(N2CCOCC2)c(F)c1)NCc1ccc(C)s1.I. The molecule has 8 heteroatoms. The number of guanidine groups is 1. The first-order valence-corrected chi connectivity index (χ1v) is 10.2. The minimum absolute atomic E-state index is 0. The summed E-state index contributed by atoms with van der Waals surface area (Å²) in [6.07, 6.45) is 0. The fourth-order valence-electron chi connectivity index (χ4n) is 2.97. The zero-order chi connectivity index (χ0) is 19.1. The number of anilines is 1. The van der Waals surface area contributed by atoms with E-state index in [9.17, 15) is 4.39 Å². The van der Waals surface area contributed by atoms with Gasteiger partial charge in [0, 0.05) is 29.4 Å². The number of thiophene rings is 1. The Morgan fingerprint density at radius 1 is 1.21 bits per heavy atom. The summed E-state index contributed by atoms with van der Waals surface area (Å²) in [5.74, 6) is 0.540. The van der Waals surface area contributed by atoms with Gasteiger partial charge < -0.3 is 20.3 Å². The predicted octanol–water partition coefficient (Wildman–Crippen LogP) is 3.91. The lowest BCUT2D eigenvalue weighted by atomic mass is 10.1. The van der Waals surface area contributed by atoms with Crippen LogP contribution in [0.15, 0.2) is 35.3 Å². The predicted molar refractivity (Wildman–Crippen MR) is 126 cm³/mol. The van der Waals surface area contributed by atoms with E-state index in [2.05, 4.69) is 34.7 Å². The number of benzene rings is 1. The number of nitrogens with zero attached hydrogens (tertiary/aromatic N) is 2. The van der Waals surface area contributed by atoms with Gasteiger partial charge in [0.2, 0.25) is 0 Å². The van der Waals surface area contributed by atoms with E-state index in [1.165, 1.54) is 9.75 Å². The zero-order valence-corrected chi connectivity index (χ0v) is 19.5. The van der Waals surface area contributed by atoms with Gasteiger partial charge in [-0.3, -0.25) is 0 Å². The second kappa shape index (κ2) is 11.6. The van der Waals surface area contributed by atoms with E-state index in [1.54, 1.807) is 17.4 Å². The summed E-state index contributed by atoms with van der Waals surface area (Å²) >= 11 is 1.77. The molecule has 2 aromatic rings. The Hall–Kier alpha value is -1.39. The first kappa shape index (κ1) is 22.9. The molecule has 0 aliphatic carbocycles. The van der Waals surface area contributed by atoms with Crippen molar-refractivity contribution in [2.24, 2.45) is 4.99 Å². The first-order chi connectivity index (χ1) is 13.2. The van der Waals surface area contributed by atoms with Crippen molar-refractivity contribution in [2.75, 3.05) is 37.7 Å². The number of rotatable bonds is 6. The molecule has 1 saturated heterocycles. The van der Waals surface area contributed by atoms with Crippen molar-refractivity contribution in [1.29, 1.82) is 0 Å². The molecule has 1 fully saturated rings. The Morgan fingerprint density at radius 3 is 2.64 bits per heavy atom. The Bertz CT molecular complexity index is 777. The summed E-state index contributed by atoms with van der Waals surface area (Å²) in [5, 5.41) is 6.57. The molecule has 28 heavy (non-hydrogen) atoms. The van der Waals surface area contributed by atoms with Gasteiger partial charge in [-0.15, -0.1) is 35.3 Å². The number of morpholine rings is 1. The number of hydrogen-bond donors (Lipinski definition) is 2. The van der Waals surface area contributed by atoms with Gasteiger partial charge in [-0.1, -0.05) is 6.07 Å². The lowest BCUT2D eigenvalue weighted by molar-refractivity contribution is 0.122. The Labute approximate surface area is 187 Å². The molecule has 1 aromatic carbocycles. The van der Waals surface area contributed by atoms with Crippen LogP contribution in [0.25, 0.3) is 0 Å². The van der Waals surface area contributed by atoms with Crippen LogP contribution in [0.2, 0.25) is 0 Å². The van der Waals surface area contributed by atoms with E-state index in [4.69, 9.17) is 4.74 Å². The van der Waals surface area contributed by atoms with Gasteiger partial charge in [-0.25, -0.2) is 9.38 Å². The number of aliphatic imine (C=N–C) groups is 1. The van der Waals surface area contributed by atoms with Crippen LogP contribution in [0.3, 0.4) is 0 Å². The van der Waals surface area contributed by atoms with Crippen LogP contribution in [0.5, 0.6) is 0 Å². The number of hydrogen-bond acceptors (Lipinski definition) is 4. The molecule has 0 atom stereocenters. The third kappa shape index (κ3) is 6.59. The standard InChI is InChI=1S/C20H27FN4OS.HI/c1-3-22-20(24-14-17-6-4-15(2)27-17)23-13-16-5-7-19(18(21)12-16)25-8-10-26-11-9-25;/h4-7,12H,3,8-11,13-14H2,1-2H3,(H2,22,23,24);1H. The molecule has 0 radical (unpaired) electrons. The molecule has 0 amide bonds. The fraction of sp³-hybridized carbons (Fsp3) is 0.450. The van der Waals surface area contributed by atoms with Gasteiger partial charge in [0.15, 0.2) is 5.96 Å². The van der Waals surface area contributed by atoms with Gasteiger partial charge in [0.25, 0.3) is 0 Å². The maximum Gasteiger partial charge on any atom is 0.191 e. The van der Waals surface area contributed by atoms with E-state index in [1.807, 2.05) is 24.0 Å². The third-order valence-corrected chi connectivity index (χ3v) is 5.35. The molecule has 1 aliphatic heterocycles. The van der Waals surface area contributed by atoms with Crippen molar-refractivity contribution in [3.05, 3.63) is 51.5 Å². The molecule has 1 aromatic heterocycles. The van der Waals surface area contributed by atoms with Crippen LogP contribution in [-0.2, 0) is 17.8 Å². The van der Waals surface area contributed by atoms with Crippen molar-refractivity contribution in [2.45, 2.75) is 26.9 Å². The topological polar surface area (TPSA) is 48.9 Å². The van der Waals surface area contributed by atoms with Crippen LogP contribution >= 0.6 is 35.3 Å². The van der Waals surface area contributed by atoms with E-state index < -0.39 is 0 Å². The number of ether oxygens (including phenoxy) is 1. The normalized spacial score (nSPS) is 14.5. The van der Waals surface area contributed by atoms with Gasteiger partial charge in [-0.05, 0) is 43.7 Å². The third-order valence-electron chi connectivity index (χ3n) is 4.35. The molecule has 1 aliphatic rings. The minimum atomic E-state index is -0.198. The maximum atomic E-state index is 14.5. The van der Waals surface area contributed by atoms with Gasteiger partial charge in [-0.2, -0.15) is 0 Å². The lowest BCUT2D eigenvalue weighted by Crippen LogP contribution is -2.37. The quantitative estimate of drug-likeness (QED) is 0.346. The van der Waals surface area contributed by atoms with Crippen LogP contribution in [0.4, 0.5) is 10.1 Å². The summed E-state index contributed by atoms with van der Waals surface area (Å²) < 4.78 is 19.9. The summed E-state index contributed by atoms with van der Waals surface area (Å²) in [6, 6.07) is 9.62.